The molecule has 0 aliphatic rings. The van der Waals surface area contributed by atoms with E-state index >= 15 is 0 Å². The summed E-state index contributed by atoms with van der Waals surface area (Å²) in [6.45, 7) is 4.16. The highest BCUT2D eigenvalue weighted by molar-refractivity contribution is 6.01. The second-order valence-corrected chi connectivity index (χ2v) is 7.28. The van der Waals surface area contributed by atoms with Crippen LogP contribution in [0, 0.1) is 18.6 Å². The molecule has 0 amide bonds. The van der Waals surface area contributed by atoms with Gasteiger partial charge in [-0.2, -0.15) is 0 Å². The summed E-state index contributed by atoms with van der Waals surface area (Å²) in [5.41, 5.74) is 6.33. The van der Waals surface area contributed by atoms with E-state index in [4.69, 9.17) is 4.84 Å². The number of hydrogen-bond donors (Lipinski definition) is 0. The van der Waals surface area contributed by atoms with E-state index in [2.05, 4.69) is 9.72 Å². The Kier molecular flexibility index (Phi) is 5.94. The van der Waals surface area contributed by atoms with Crippen molar-refractivity contribution in [1.82, 2.24) is 4.57 Å². The molecule has 0 aliphatic heterocycles. The van der Waals surface area contributed by atoms with Crippen LogP contribution in [0.2, 0.25) is 0 Å². The van der Waals surface area contributed by atoms with Crippen LogP contribution in [0.25, 0.3) is 16.9 Å². The van der Waals surface area contributed by atoms with Gasteiger partial charge in [-0.15, -0.1) is 0 Å². The molecule has 5 heteroatoms. The van der Waals surface area contributed by atoms with Gasteiger partial charge in [-0.25, -0.2) is 8.78 Å². The lowest BCUT2D eigenvalue weighted by molar-refractivity contribution is 0.130. The summed E-state index contributed by atoms with van der Waals surface area (Å²) in [5, 5.41) is 4.28. The monoisotopic (exact) mass is 416 g/mol. The van der Waals surface area contributed by atoms with Gasteiger partial charge in [-0.3, -0.25) is 0 Å². The Hall–Kier alpha value is -3.73. The number of oxime groups is 1. The minimum Gasteiger partial charge on any atom is -0.391 e. The van der Waals surface area contributed by atoms with E-state index in [1.165, 1.54) is 24.3 Å². The zero-order valence-corrected chi connectivity index (χ0v) is 17.3. The Morgan fingerprint density at radius 2 is 1.48 bits per heavy atom. The van der Waals surface area contributed by atoms with Crippen LogP contribution in [0.3, 0.4) is 0 Å². The van der Waals surface area contributed by atoms with Gasteiger partial charge in [0.15, 0.2) is 0 Å². The summed E-state index contributed by atoms with van der Waals surface area (Å²) in [6.07, 6.45) is 0. The molecule has 31 heavy (non-hydrogen) atoms. The summed E-state index contributed by atoms with van der Waals surface area (Å²) in [7, 11) is 0. The first-order chi connectivity index (χ1) is 15.0. The number of aromatic nitrogens is 1. The first-order valence-corrected chi connectivity index (χ1v) is 9.98. The molecule has 3 nitrogen and oxygen atoms in total. The molecule has 156 valence electrons. The maximum Gasteiger partial charge on any atom is 0.142 e. The van der Waals surface area contributed by atoms with Crippen molar-refractivity contribution in [2.75, 3.05) is 0 Å². The number of halogens is 2. The van der Waals surface area contributed by atoms with Gasteiger partial charge in [0, 0.05) is 16.9 Å². The Morgan fingerprint density at radius 3 is 2.13 bits per heavy atom. The highest BCUT2D eigenvalue weighted by atomic mass is 19.1. The van der Waals surface area contributed by atoms with Crippen molar-refractivity contribution < 1.29 is 13.6 Å². The molecule has 0 unspecified atom stereocenters. The second-order valence-electron chi connectivity index (χ2n) is 7.28. The minimum atomic E-state index is -0.283. The van der Waals surface area contributed by atoms with Crippen molar-refractivity contribution in [3.05, 3.63) is 113 Å². The van der Waals surface area contributed by atoms with Crippen LogP contribution in [-0.2, 0) is 11.4 Å². The number of nitrogens with zero attached hydrogens (tertiary/aromatic N) is 2. The normalized spacial score (nSPS) is 11.5. The lowest BCUT2D eigenvalue weighted by atomic mass is 10.1. The third kappa shape index (κ3) is 4.56. The van der Waals surface area contributed by atoms with Gasteiger partial charge < -0.3 is 9.40 Å². The molecule has 1 heterocycles. The van der Waals surface area contributed by atoms with Gasteiger partial charge in [0.1, 0.15) is 18.2 Å². The van der Waals surface area contributed by atoms with Gasteiger partial charge in [0.2, 0.25) is 0 Å². The summed E-state index contributed by atoms with van der Waals surface area (Å²) in [5.74, 6) is -0.555. The second kappa shape index (κ2) is 8.96. The highest BCUT2D eigenvalue weighted by Crippen LogP contribution is 2.30. The molecule has 4 aromatic rings. The van der Waals surface area contributed by atoms with Crippen LogP contribution < -0.4 is 0 Å². The number of para-hydroxylation sites is 1. The van der Waals surface area contributed by atoms with Crippen LogP contribution in [0.1, 0.15) is 23.7 Å². The van der Waals surface area contributed by atoms with Gasteiger partial charge in [0.25, 0.3) is 0 Å². The third-order valence-electron chi connectivity index (χ3n) is 5.14. The predicted octanol–water partition coefficient (Wildman–Crippen LogP) is 6.67. The van der Waals surface area contributed by atoms with E-state index in [1.54, 1.807) is 24.3 Å². The number of hydrogen-bond acceptors (Lipinski definition) is 2. The average Bonchev–Trinajstić information content (AvgIpc) is 3.13. The van der Waals surface area contributed by atoms with Crippen molar-refractivity contribution in [3.63, 3.8) is 0 Å². The van der Waals surface area contributed by atoms with Crippen molar-refractivity contribution in [1.29, 1.82) is 0 Å². The fourth-order valence-corrected chi connectivity index (χ4v) is 3.55. The minimum absolute atomic E-state index is 0.251. The zero-order chi connectivity index (χ0) is 21.8. The standard InChI is InChI=1S/C26H22F2N2O/c1-18(29-31-17-20-8-12-22(27)13-9-20)25-16-26(21-10-14-23(28)15-11-21)30(19(25)2)24-6-4-3-5-7-24/h3-16H,17H2,1-2H3/b29-18+. The maximum atomic E-state index is 13.5. The van der Waals surface area contributed by atoms with Crippen molar-refractivity contribution >= 4 is 5.71 Å². The van der Waals surface area contributed by atoms with E-state index in [9.17, 15) is 8.78 Å². The fourth-order valence-electron chi connectivity index (χ4n) is 3.55. The lowest BCUT2D eigenvalue weighted by Gasteiger charge is -2.12. The largest absolute Gasteiger partial charge is 0.391 e. The molecule has 0 saturated carbocycles. The molecule has 1 aromatic heterocycles. The predicted molar refractivity (Wildman–Crippen MR) is 119 cm³/mol. The topological polar surface area (TPSA) is 26.5 Å². The Morgan fingerprint density at radius 1 is 0.871 bits per heavy atom. The molecule has 0 spiro atoms. The van der Waals surface area contributed by atoms with E-state index in [0.717, 1.165) is 39.5 Å². The summed E-state index contributed by atoms with van der Waals surface area (Å²) in [6, 6.07) is 24.6. The van der Waals surface area contributed by atoms with Crippen LogP contribution in [0.4, 0.5) is 8.78 Å². The molecular formula is C26H22F2N2O. The van der Waals surface area contributed by atoms with E-state index in [0.29, 0.717) is 0 Å². The Bertz CT molecular complexity index is 1190. The van der Waals surface area contributed by atoms with Crippen LogP contribution >= 0.6 is 0 Å². The highest BCUT2D eigenvalue weighted by Gasteiger charge is 2.17. The molecule has 0 radical (unpaired) electrons. The molecule has 0 N–H and O–H groups in total. The van der Waals surface area contributed by atoms with Crippen molar-refractivity contribution in [2.45, 2.75) is 20.5 Å². The van der Waals surface area contributed by atoms with Gasteiger partial charge in [0.05, 0.1) is 11.4 Å². The van der Waals surface area contributed by atoms with Crippen LogP contribution in [0.15, 0.2) is 90.1 Å². The summed E-state index contributed by atoms with van der Waals surface area (Å²) < 4.78 is 28.7. The molecular weight excluding hydrogens is 394 g/mol. The maximum absolute atomic E-state index is 13.5. The SMILES string of the molecule is C/C(=N\OCc1ccc(F)cc1)c1cc(-c2ccc(F)cc2)n(-c2ccccc2)c1C. The average molecular weight is 416 g/mol. The first-order valence-electron chi connectivity index (χ1n) is 9.98. The van der Waals surface area contributed by atoms with Crippen LogP contribution in [0.5, 0.6) is 0 Å². The van der Waals surface area contributed by atoms with Gasteiger partial charge >= 0.3 is 0 Å². The zero-order valence-electron chi connectivity index (χ0n) is 17.3. The summed E-state index contributed by atoms with van der Waals surface area (Å²) >= 11 is 0. The lowest BCUT2D eigenvalue weighted by Crippen LogP contribution is -2.02. The van der Waals surface area contributed by atoms with Gasteiger partial charge in [-0.1, -0.05) is 35.5 Å². The smallest absolute Gasteiger partial charge is 0.142 e. The van der Waals surface area contributed by atoms with E-state index in [-0.39, 0.29) is 18.2 Å². The van der Waals surface area contributed by atoms with Crippen molar-refractivity contribution in [2.24, 2.45) is 5.16 Å². The Labute approximate surface area is 180 Å². The number of rotatable bonds is 6. The molecule has 0 saturated heterocycles. The van der Waals surface area contributed by atoms with Gasteiger partial charge in [-0.05, 0) is 79.6 Å². The molecule has 0 fully saturated rings. The van der Waals surface area contributed by atoms with E-state index in [1.807, 2.05) is 50.2 Å². The third-order valence-corrected chi connectivity index (χ3v) is 5.14. The Balaban J connectivity index is 1.69. The number of benzene rings is 3. The molecule has 0 bridgehead atoms. The molecule has 3 aromatic carbocycles. The molecule has 4 rings (SSSR count). The quantitative estimate of drug-likeness (QED) is 0.255. The van der Waals surface area contributed by atoms with Crippen molar-refractivity contribution in [3.8, 4) is 16.9 Å². The van der Waals surface area contributed by atoms with Crippen LogP contribution in [-0.4, -0.2) is 10.3 Å². The van der Waals surface area contributed by atoms with E-state index < -0.39 is 0 Å². The fraction of sp³-hybridized carbons (Fsp3) is 0.115. The molecule has 0 atom stereocenters. The molecule has 0 aliphatic carbocycles. The first kappa shape index (κ1) is 20.5. The summed E-state index contributed by atoms with van der Waals surface area (Å²) in [4.78, 5) is 5.51.